The monoisotopic (exact) mass is 408 g/mol. The number of nitrogens with one attached hydrogen (secondary N) is 1. The second-order valence-electron chi connectivity index (χ2n) is 7.24. The van der Waals surface area contributed by atoms with Crippen LogP contribution < -0.4 is 5.32 Å². The van der Waals surface area contributed by atoms with Gasteiger partial charge in [0, 0.05) is 37.8 Å². The highest BCUT2D eigenvalue weighted by Gasteiger charge is 2.20. The van der Waals surface area contributed by atoms with Crippen molar-refractivity contribution in [1.29, 1.82) is 0 Å². The average molecular weight is 409 g/mol. The van der Waals surface area contributed by atoms with Crippen molar-refractivity contribution in [2.45, 2.75) is 32.9 Å². The molecule has 1 fully saturated rings. The van der Waals surface area contributed by atoms with Crippen molar-refractivity contribution in [3.8, 4) is 11.1 Å². The molecule has 0 amide bonds. The number of nitrogens with zero attached hydrogens (tertiary/aromatic N) is 1. The largest absolute Gasteiger partial charge is 0.308 e. The van der Waals surface area contributed by atoms with Crippen molar-refractivity contribution in [2.24, 2.45) is 0 Å². The van der Waals surface area contributed by atoms with Gasteiger partial charge in [0.15, 0.2) is 0 Å². The van der Waals surface area contributed by atoms with E-state index in [9.17, 15) is 8.78 Å². The molecule has 0 spiro atoms. The maximum absolute atomic E-state index is 13.3. The molecule has 2 nitrogen and oxygen atoms in total. The van der Waals surface area contributed by atoms with Crippen LogP contribution in [-0.4, -0.2) is 24.5 Å². The first-order valence-corrected chi connectivity index (χ1v) is 10.7. The van der Waals surface area contributed by atoms with Crippen molar-refractivity contribution >= 4 is 0 Å². The molecule has 4 rings (SSSR count). The van der Waals surface area contributed by atoms with Crippen LogP contribution in [0.15, 0.2) is 78.9 Å². The van der Waals surface area contributed by atoms with Gasteiger partial charge in [-0.1, -0.05) is 92.7 Å². The zero-order valence-electron chi connectivity index (χ0n) is 17.7. The molecule has 0 aromatic heterocycles. The minimum Gasteiger partial charge on any atom is -0.308 e. The molecule has 1 N–H and O–H groups in total. The summed E-state index contributed by atoms with van der Waals surface area (Å²) in [4.78, 5) is 2.44. The van der Waals surface area contributed by atoms with Gasteiger partial charge in [-0.2, -0.15) is 0 Å². The van der Waals surface area contributed by atoms with Gasteiger partial charge in [-0.3, -0.25) is 4.90 Å². The van der Waals surface area contributed by atoms with Crippen LogP contribution in [0.25, 0.3) is 11.1 Å². The van der Waals surface area contributed by atoms with E-state index in [4.69, 9.17) is 0 Å². The first-order valence-electron chi connectivity index (χ1n) is 10.7. The summed E-state index contributed by atoms with van der Waals surface area (Å²) < 4.78 is 26.5. The Morgan fingerprint density at radius 1 is 0.900 bits per heavy atom. The maximum Gasteiger partial charge on any atom is 0.264 e. The van der Waals surface area contributed by atoms with Crippen LogP contribution in [0.5, 0.6) is 0 Å². The van der Waals surface area contributed by atoms with Gasteiger partial charge in [0.2, 0.25) is 0 Å². The van der Waals surface area contributed by atoms with Gasteiger partial charge in [0.05, 0.1) is 0 Å². The second kappa shape index (κ2) is 11.0. The van der Waals surface area contributed by atoms with E-state index < -0.39 is 6.43 Å². The highest BCUT2D eigenvalue weighted by atomic mass is 19.3. The summed E-state index contributed by atoms with van der Waals surface area (Å²) in [6.45, 7) is 7.78. The fourth-order valence-electron chi connectivity index (χ4n) is 3.86. The van der Waals surface area contributed by atoms with Gasteiger partial charge in [-0.05, 0) is 22.3 Å². The fourth-order valence-corrected chi connectivity index (χ4v) is 3.86. The molecule has 3 aromatic rings. The SMILES string of the molecule is CC.FC(F)c1ccccc1-c1ccc(CN2CCNC(c3ccccc3)C2)cc1. The van der Waals surface area contributed by atoms with Crippen LogP contribution in [0, 0.1) is 0 Å². The van der Waals surface area contributed by atoms with E-state index in [0.717, 1.165) is 31.7 Å². The van der Waals surface area contributed by atoms with E-state index in [0.29, 0.717) is 11.6 Å². The molecule has 30 heavy (non-hydrogen) atoms. The van der Waals surface area contributed by atoms with Gasteiger partial charge < -0.3 is 5.32 Å². The number of benzene rings is 3. The molecule has 1 unspecified atom stereocenters. The highest BCUT2D eigenvalue weighted by Crippen LogP contribution is 2.31. The lowest BCUT2D eigenvalue weighted by Gasteiger charge is -2.34. The summed E-state index contributed by atoms with van der Waals surface area (Å²) in [7, 11) is 0. The van der Waals surface area contributed by atoms with Crippen LogP contribution in [0.3, 0.4) is 0 Å². The quantitative estimate of drug-likeness (QED) is 0.521. The van der Waals surface area contributed by atoms with E-state index in [1.54, 1.807) is 18.2 Å². The molecule has 1 atom stereocenters. The van der Waals surface area contributed by atoms with E-state index in [1.807, 2.05) is 32.0 Å². The molecule has 0 aliphatic carbocycles. The summed E-state index contributed by atoms with van der Waals surface area (Å²) in [6, 6.07) is 25.6. The minimum absolute atomic E-state index is 0.0862. The molecule has 4 heteroatoms. The lowest BCUT2D eigenvalue weighted by Crippen LogP contribution is -2.45. The third kappa shape index (κ3) is 5.53. The Bertz CT molecular complexity index is 894. The average Bonchev–Trinajstić information content (AvgIpc) is 2.82. The Morgan fingerprint density at radius 2 is 1.57 bits per heavy atom. The number of rotatable bonds is 5. The Hall–Kier alpha value is -2.56. The predicted octanol–water partition coefficient (Wildman–Crippen LogP) is 6.46. The summed E-state index contributed by atoms with van der Waals surface area (Å²) in [5.74, 6) is 0. The van der Waals surface area contributed by atoms with E-state index in [-0.39, 0.29) is 5.56 Å². The molecule has 0 saturated carbocycles. The molecule has 0 bridgehead atoms. The number of hydrogen-bond acceptors (Lipinski definition) is 2. The molecule has 3 aromatic carbocycles. The van der Waals surface area contributed by atoms with Crippen molar-refractivity contribution in [2.75, 3.05) is 19.6 Å². The number of alkyl halides is 2. The molecular formula is C26H30F2N2. The van der Waals surface area contributed by atoms with Gasteiger partial charge in [-0.15, -0.1) is 0 Å². The van der Waals surface area contributed by atoms with Crippen LogP contribution in [0.2, 0.25) is 0 Å². The van der Waals surface area contributed by atoms with Crippen LogP contribution in [-0.2, 0) is 6.54 Å². The lowest BCUT2D eigenvalue weighted by molar-refractivity contribution is 0.152. The number of piperazine rings is 1. The fraction of sp³-hybridized carbons (Fsp3) is 0.308. The van der Waals surface area contributed by atoms with Gasteiger partial charge in [-0.25, -0.2) is 8.78 Å². The van der Waals surface area contributed by atoms with E-state index in [2.05, 4.69) is 46.6 Å². The van der Waals surface area contributed by atoms with Crippen molar-refractivity contribution < 1.29 is 8.78 Å². The minimum atomic E-state index is -2.47. The van der Waals surface area contributed by atoms with E-state index >= 15 is 0 Å². The molecule has 1 saturated heterocycles. The van der Waals surface area contributed by atoms with Crippen LogP contribution in [0.4, 0.5) is 8.78 Å². The maximum atomic E-state index is 13.3. The molecule has 1 aliphatic heterocycles. The van der Waals surface area contributed by atoms with Crippen LogP contribution in [0.1, 0.15) is 43.0 Å². The Labute approximate surface area is 178 Å². The first-order chi connectivity index (χ1) is 14.7. The Morgan fingerprint density at radius 3 is 2.27 bits per heavy atom. The predicted molar refractivity (Wildman–Crippen MR) is 121 cm³/mol. The molecule has 1 aliphatic rings. The van der Waals surface area contributed by atoms with Crippen LogP contribution >= 0.6 is 0 Å². The number of hydrogen-bond donors (Lipinski definition) is 1. The summed E-state index contributed by atoms with van der Waals surface area (Å²) >= 11 is 0. The Balaban J connectivity index is 0.00000124. The molecule has 158 valence electrons. The third-order valence-corrected chi connectivity index (χ3v) is 5.33. The second-order valence-corrected chi connectivity index (χ2v) is 7.24. The van der Waals surface area contributed by atoms with Crippen molar-refractivity contribution in [3.63, 3.8) is 0 Å². The summed E-state index contributed by atoms with van der Waals surface area (Å²) in [5, 5.41) is 3.59. The zero-order chi connectivity index (χ0) is 21.3. The van der Waals surface area contributed by atoms with Gasteiger partial charge >= 0.3 is 0 Å². The van der Waals surface area contributed by atoms with Crippen molar-refractivity contribution in [1.82, 2.24) is 10.2 Å². The van der Waals surface area contributed by atoms with Gasteiger partial charge in [0.1, 0.15) is 0 Å². The zero-order valence-corrected chi connectivity index (χ0v) is 17.7. The van der Waals surface area contributed by atoms with Gasteiger partial charge in [0.25, 0.3) is 6.43 Å². The highest BCUT2D eigenvalue weighted by molar-refractivity contribution is 5.67. The smallest absolute Gasteiger partial charge is 0.264 e. The standard InChI is InChI=1S/C24H24F2N2.C2H6/c25-24(26)22-9-5-4-8-21(22)19-12-10-18(11-13-19)16-28-15-14-27-23(17-28)20-6-2-1-3-7-20;1-2/h1-13,23-24,27H,14-17H2;1-2H3. The first kappa shape index (κ1) is 22.1. The molecular weight excluding hydrogens is 378 g/mol. The van der Waals surface area contributed by atoms with E-state index in [1.165, 1.54) is 17.2 Å². The Kier molecular flexibility index (Phi) is 8.12. The third-order valence-electron chi connectivity index (χ3n) is 5.33. The lowest BCUT2D eigenvalue weighted by atomic mass is 9.98. The topological polar surface area (TPSA) is 15.3 Å². The van der Waals surface area contributed by atoms with Crippen molar-refractivity contribution in [3.05, 3.63) is 95.6 Å². The summed E-state index contributed by atoms with van der Waals surface area (Å²) in [6.07, 6.45) is -2.47. The normalized spacial score (nSPS) is 16.8. The number of halogens is 2. The molecule has 1 heterocycles. The molecule has 0 radical (unpaired) electrons. The summed E-state index contributed by atoms with van der Waals surface area (Å²) in [5.41, 5.74) is 4.04.